The largest absolute Gasteiger partial charge is 0.351 e. The number of carbonyl (C=O) groups excluding carboxylic acids is 1. The number of amides is 1. The van der Waals surface area contributed by atoms with Crippen LogP contribution < -0.4 is 5.32 Å². The maximum Gasteiger partial charge on any atom is 0.268 e. The number of fused-ring (bicyclic) bond motifs is 2. The van der Waals surface area contributed by atoms with Gasteiger partial charge in [-0.2, -0.15) is 0 Å². The number of hydrogen-bond donors (Lipinski definition) is 2. The van der Waals surface area contributed by atoms with Crippen molar-refractivity contribution in [1.82, 2.24) is 10.3 Å². The van der Waals surface area contributed by atoms with Gasteiger partial charge in [0.1, 0.15) is 5.69 Å². The molecule has 1 heterocycles. The second-order valence-electron chi connectivity index (χ2n) is 5.53. The monoisotopic (exact) mass is 276 g/mol. The van der Waals surface area contributed by atoms with Crippen LogP contribution >= 0.6 is 0 Å². The van der Waals surface area contributed by atoms with Crippen LogP contribution in [0.2, 0.25) is 0 Å². The number of H-pyrrole nitrogens is 1. The zero-order valence-electron chi connectivity index (χ0n) is 11.6. The molecule has 104 valence electrons. The fourth-order valence-electron chi connectivity index (χ4n) is 3.14. The Kier molecular flexibility index (Phi) is 2.78. The molecule has 0 aliphatic heterocycles. The maximum atomic E-state index is 12.4. The van der Waals surface area contributed by atoms with E-state index in [1.165, 1.54) is 11.1 Å². The number of hydrogen-bond acceptors (Lipinski definition) is 1. The number of carbonyl (C=O) groups is 1. The van der Waals surface area contributed by atoms with Crippen molar-refractivity contribution in [1.29, 1.82) is 0 Å². The van der Waals surface area contributed by atoms with E-state index in [2.05, 4.69) is 28.5 Å². The van der Waals surface area contributed by atoms with Crippen molar-refractivity contribution in [2.75, 3.05) is 0 Å². The molecule has 3 nitrogen and oxygen atoms in total. The number of aromatic nitrogens is 1. The predicted octanol–water partition coefficient (Wildman–Crippen LogP) is 3.59. The molecule has 2 aromatic carbocycles. The van der Waals surface area contributed by atoms with Gasteiger partial charge < -0.3 is 10.3 Å². The fourth-order valence-corrected chi connectivity index (χ4v) is 3.14. The molecule has 1 aromatic heterocycles. The van der Waals surface area contributed by atoms with Crippen molar-refractivity contribution in [3.8, 4) is 0 Å². The van der Waals surface area contributed by atoms with Crippen LogP contribution in [0.5, 0.6) is 0 Å². The first-order valence-corrected chi connectivity index (χ1v) is 7.28. The van der Waals surface area contributed by atoms with Crippen LogP contribution in [0.1, 0.15) is 34.1 Å². The molecule has 0 spiro atoms. The van der Waals surface area contributed by atoms with Gasteiger partial charge in [-0.15, -0.1) is 0 Å². The van der Waals surface area contributed by atoms with Crippen LogP contribution in [0, 0.1) is 0 Å². The molecule has 1 atom stereocenters. The quantitative estimate of drug-likeness (QED) is 0.738. The topological polar surface area (TPSA) is 44.9 Å². The highest BCUT2D eigenvalue weighted by molar-refractivity contribution is 5.98. The van der Waals surface area contributed by atoms with E-state index in [4.69, 9.17) is 0 Å². The molecule has 0 saturated heterocycles. The minimum absolute atomic E-state index is 0.0343. The number of aryl methyl sites for hydroxylation is 1. The minimum atomic E-state index is -0.0343. The number of para-hydroxylation sites is 1. The van der Waals surface area contributed by atoms with E-state index in [-0.39, 0.29) is 11.9 Å². The summed E-state index contributed by atoms with van der Waals surface area (Å²) < 4.78 is 0. The molecule has 4 rings (SSSR count). The molecular formula is C18H16N2O. The molecule has 0 fully saturated rings. The Balaban J connectivity index is 1.59. The van der Waals surface area contributed by atoms with E-state index in [9.17, 15) is 4.79 Å². The minimum Gasteiger partial charge on any atom is -0.351 e. The molecule has 2 N–H and O–H groups in total. The van der Waals surface area contributed by atoms with Crippen LogP contribution in [-0.2, 0) is 6.42 Å². The molecule has 0 radical (unpaired) electrons. The van der Waals surface area contributed by atoms with Gasteiger partial charge in [-0.3, -0.25) is 4.79 Å². The summed E-state index contributed by atoms with van der Waals surface area (Å²) in [5.74, 6) is -0.0343. The average Bonchev–Trinajstić information content (AvgIpc) is 3.11. The summed E-state index contributed by atoms with van der Waals surface area (Å²) in [4.78, 5) is 15.6. The van der Waals surface area contributed by atoms with Crippen LogP contribution in [0.4, 0.5) is 0 Å². The standard InChI is InChI=1S/C18H16N2O/c21-18(17-11-13-6-2-4-8-15(13)19-17)20-16-10-9-12-5-1-3-7-14(12)16/h1-8,11,16,19H,9-10H2,(H,20,21)/t16-/m1/s1. The van der Waals surface area contributed by atoms with Crippen molar-refractivity contribution < 1.29 is 4.79 Å². The summed E-state index contributed by atoms with van der Waals surface area (Å²) in [6.45, 7) is 0. The van der Waals surface area contributed by atoms with E-state index in [1.54, 1.807) is 0 Å². The van der Waals surface area contributed by atoms with Crippen LogP contribution in [0.15, 0.2) is 54.6 Å². The molecule has 0 saturated carbocycles. The molecule has 1 aliphatic rings. The third-order valence-electron chi connectivity index (χ3n) is 4.21. The van der Waals surface area contributed by atoms with E-state index < -0.39 is 0 Å². The highest BCUT2D eigenvalue weighted by atomic mass is 16.1. The van der Waals surface area contributed by atoms with Crippen LogP contribution in [0.3, 0.4) is 0 Å². The first kappa shape index (κ1) is 12.2. The zero-order valence-corrected chi connectivity index (χ0v) is 11.6. The lowest BCUT2D eigenvalue weighted by molar-refractivity contribution is 0.0932. The smallest absolute Gasteiger partial charge is 0.268 e. The molecule has 0 bridgehead atoms. The first-order valence-electron chi connectivity index (χ1n) is 7.28. The van der Waals surface area contributed by atoms with Gasteiger partial charge in [0, 0.05) is 10.9 Å². The van der Waals surface area contributed by atoms with Crippen molar-refractivity contribution in [3.05, 3.63) is 71.4 Å². The van der Waals surface area contributed by atoms with E-state index in [1.807, 2.05) is 36.4 Å². The Morgan fingerprint density at radius 1 is 1.10 bits per heavy atom. The first-order chi connectivity index (χ1) is 10.3. The Morgan fingerprint density at radius 2 is 1.90 bits per heavy atom. The molecular weight excluding hydrogens is 260 g/mol. The lowest BCUT2D eigenvalue weighted by Crippen LogP contribution is -2.27. The van der Waals surface area contributed by atoms with Gasteiger partial charge in [0.2, 0.25) is 0 Å². The zero-order chi connectivity index (χ0) is 14.2. The molecule has 3 aromatic rings. The number of nitrogens with one attached hydrogen (secondary N) is 2. The molecule has 21 heavy (non-hydrogen) atoms. The fraction of sp³-hybridized carbons (Fsp3) is 0.167. The molecule has 1 aliphatic carbocycles. The lowest BCUT2D eigenvalue weighted by Gasteiger charge is -2.13. The summed E-state index contributed by atoms with van der Waals surface area (Å²) in [5, 5.41) is 4.21. The summed E-state index contributed by atoms with van der Waals surface area (Å²) in [7, 11) is 0. The average molecular weight is 276 g/mol. The van der Waals surface area contributed by atoms with Gasteiger partial charge in [0.05, 0.1) is 6.04 Å². The van der Waals surface area contributed by atoms with Gasteiger partial charge in [0.25, 0.3) is 5.91 Å². The van der Waals surface area contributed by atoms with Crippen molar-refractivity contribution >= 4 is 16.8 Å². The van der Waals surface area contributed by atoms with E-state index >= 15 is 0 Å². The molecule has 3 heteroatoms. The number of rotatable bonds is 2. The molecule has 0 unspecified atom stereocenters. The lowest BCUT2D eigenvalue weighted by atomic mass is 10.1. The summed E-state index contributed by atoms with van der Waals surface area (Å²) in [6, 6.07) is 18.3. The third-order valence-corrected chi connectivity index (χ3v) is 4.21. The highest BCUT2D eigenvalue weighted by Crippen LogP contribution is 2.31. The van der Waals surface area contributed by atoms with Gasteiger partial charge >= 0.3 is 0 Å². The van der Waals surface area contributed by atoms with Gasteiger partial charge in [-0.05, 0) is 36.1 Å². The Bertz CT molecular complexity index is 786. The second kappa shape index (κ2) is 4.77. The number of benzene rings is 2. The van der Waals surface area contributed by atoms with Crippen molar-refractivity contribution in [3.63, 3.8) is 0 Å². The Hall–Kier alpha value is -2.55. The summed E-state index contributed by atoms with van der Waals surface area (Å²) in [6.07, 6.45) is 2.01. The Labute approximate surface area is 123 Å². The normalized spacial score (nSPS) is 16.9. The van der Waals surface area contributed by atoms with Crippen molar-refractivity contribution in [2.24, 2.45) is 0 Å². The van der Waals surface area contributed by atoms with Crippen molar-refractivity contribution in [2.45, 2.75) is 18.9 Å². The van der Waals surface area contributed by atoms with Crippen LogP contribution in [0.25, 0.3) is 10.9 Å². The van der Waals surface area contributed by atoms with Gasteiger partial charge in [-0.25, -0.2) is 0 Å². The predicted molar refractivity (Wildman–Crippen MR) is 83.3 cm³/mol. The van der Waals surface area contributed by atoms with Gasteiger partial charge in [-0.1, -0.05) is 42.5 Å². The summed E-state index contributed by atoms with van der Waals surface area (Å²) >= 11 is 0. The number of aromatic amines is 1. The second-order valence-corrected chi connectivity index (χ2v) is 5.53. The van der Waals surface area contributed by atoms with E-state index in [0.29, 0.717) is 5.69 Å². The molecule has 1 amide bonds. The SMILES string of the molecule is O=C(N[C@@H]1CCc2ccccc21)c1cc2ccccc2[nH]1. The Morgan fingerprint density at radius 3 is 2.81 bits per heavy atom. The van der Waals surface area contributed by atoms with Gasteiger partial charge in [0.15, 0.2) is 0 Å². The van der Waals surface area contributed by atoms with E-state index in [0.717, 1.165) is 23.7 Å². The van der Waals surface area contributed by atoms with Crippen LogP contribution in [-0.4, -0.2) is 10.9 Å². The summed E-state index contributed by atoms with van der Waals surface area (Å²) in [5.41, 5.74) is 4.22. The maximum absolute atomic E-state index is 12.4. The third kappa shape index (κ3) is 2.11. The highest BCUT2D eigenvalue weighted by Gasteiger charge is 2.24.